The quantitative estimate of drug-likeness (QED) is 0.661. The van der Waals surface area contributed by atoms with Gasteiger partial charge in [0.15, 0.2) is 0 Å². The summed E-state index contributed by atoms with van der Waals surface area (Å²) < 4.78 is 0. The maximum atomic E-state index is 4.47. The zero-order chi connectivity index (χ0) is 7.97. The highest BCUT2D eigenvalue weighted by atomic mass is 15.0. The maximum absolute atomic E-state index is 4.47. The van der Waals surface area contributed by atoms with Gasteiger partial charge in [-0.1, -0.05) is 0 Å². The average molecular weight is 161 g/mol. The summed E-state index contributed by atoms with van der Waals surface area (Å²) in [4.78, 5) is 12.9. The van der Waals surface area contributed by atoms with E-state index in [9.17, 15) is 0 Å². The molecule has 2 saturated carbocycles. The minimum Gasteiger partial charge on any atom is -0.221 e. The van der Waals surface area contributed by atoms with E-state index < -0.39 is 0 Å². The largest absolute Gasteiger partial charge is 0.221 e. The van der Waals surface area contributed by atoms with Crippen LogP contribution < -0.4 is 0 Å². The number of hydrogen-bond donors (Lipinski definition) is 0. The molecule has 1 heterocycles. The van der Waals surface area contributed by atoms with Gasteiger partial charge in [-0.05, 0) is 25.7 Å². The van der Waals surface area contributed by atoms with E-state index in [0.717, 1.165) is 11.6 Å². The Morgan fingerprint density at radius 1 is 0.917 bits per heavy atom. The highest BCUT2D eigenvalue weighted by Crippen LogP contribution is 2.41. The average Bonchev–Trinajstić information content (AvgIpc) is 2.98. The van der Waals surface area contributed by atoms with Crippen LogP contribution in [0.3, 0.4) is 0 Å². The van der Waals surface area contributed by atoms with Crippen LogP contribution in [-0.4, -0.2) is 15.0 Å². The third-order valence-electron chi connectivity index (χ3n) is 2.49. The lowest BCUT2D eigenvalue weighted by Crippen LogP contribution is -1.99. The molecule has 2 aliphatic rings. The van der Waals surface area contributed by atoms with Crippen molar-refractivity contribution in [2.75, 3.05) is 0 Å². The maximum Gasteiger partial charge on any atom is 0.135 e. The molecule has 0 aliphatic heterocycles. The fraction of sp³-hybridized carbons (Fsp3) is 0.667. The SMILES string of the molecule is c1nc(C2CC2)nc(C2CC2)n1. The van der Waals surface area contributed by atoms with Crippen LogP contribution >= 0.6 is 0 Å². The molecule has 0 spiro atoms. The standard InChI is InChI=1S/C9H11N3/c1-2-6(1)8-10-5-11-9(12-8)7-3-4-7/h5-7H,1-4H2. The smallest absolute Gasteiger partial charge is 0.135 e. The van der Waals surface area contributed by atoms with Gasteiger partial charge in [0.25, 0.3) is 0 Å². The molecule has 3 rings (SSSR count). The molecule has 0 aromatic carbocycles. The molecular formula is C9H11N3. The highest BCUT2D eigenvalue weighted by molar-refractivity contribution is 5.10. The van der Waals surface area contributed by atoms with Crippen LogP contribution in [-0.2, 0) is 0 Å². The van der Waals surface area contributed by atoms with Crippen LogP contribution in [0.2, 0.25) is 0 Å². The van der Waals surface area contributed by atoms with E-state index in [0.29, 0.717) is 11.8 Å². The molecule has 0 atom stereocenters. The van der Waals surface area contributed by atoms with Crippen molar-refractivity contribution in [3.63, 3.8) is 0 Å². The van der Waals surface area contributed by atoms with Crippen molar-refractivity contribution in [3.05, 3.63) is 18.0 Å². The fourth-order valence-corrected chi connectivity index (χ4v) is 1.40. The Labute approximate surface area is 71.3 Å². The molecule has 62 valence electrons. The third kappa shape index (κ3) is 1.09. The number of aromatic nitrogens is 3. The van der Waals surface area contributed by atoms with E-state index in [1.165, 1.54) is 25.7 Å². The van der Waals surface area contributed by atoms with Gasteiger partial charge >= 0.3 is 0 Å². The predicted octanol–water partition coefficient (Wildman–Crippen LogP) is 1.63. The first-order valence-corrected chi connectivity index (χ1v) is 4.62. The van der Waals surface area contributed by atoms with Gasteiger partial charge in [-0.2, -0.15) is 0 Å². The van der Waals surface area contributed by atoms with Gasteiger partial charge in [-0.15, -0.1) is 0 Å². The summed E-state index contributed by atoms with van der Waals surface area (Å²) in [6, 6.07) is 0. The summed E-state index contributed by atoms with van der Waals surface area (Å²) in [5.74, 6) is 3.38. The van der Waals surface area contributed by atoms with E-state index >= 15 is 0 Å². The van der Waals surface area contributed by atoms with Gasteiger partial charge in [0.05, 0.1) is 0 Å². The molecule has 2 fully saturated rings. The molecule has 0 amide bonds. The molecule has 0 unspecified atom stereocenters. The molecule has 0 saturated heterocycles. The normalized spacial score (nSPS) is 22.7. The Kier molecular flexibility index (Phi) is 1.22. The summed E-state index contributed by atoms with van der Waals surface area (Å²) in [5, 5.41) is 0. The van der Waals surface area contributed by atoms with Crippen molar-refractivity contribution in [1.82, 2.24) is 15.0 Å². The number of rotatable bonds is 2. The van der Waals surface area contributed by atoms with Gasteiger partial charge in [0.1, 0.15) is 18.0 Å². The van der Waals surface area contributed by atoms with Crippen molar-refractivity contribution >= 4 is 0 Å². The molecule has 2 aliphatic carbocycles. The predicted molar refractivity (Wildman–Crippen MR) is 43.8 cm³/mol. The van der Waals surface area contributed by atoms with Crippen LogP contribution in [0.4, 0.5) is 0 Å². The van der Waals surface area contributed by atoms with Crippen molar-refractivity contribution in [2.24, 2.45) is 0 Å². The molecule has 0 N–H and O–H groups in total. The minimum atomic E-state index is 0.658. The van der Waals surface area contributed by atoms with Crippen LogP contribution in [0.25, 0.3) is 0 Å². The Balaban J connectivity index is 1.93. The lowest BCUT2D eigenvalue weighted by atomic mass is 10.3. The minimum absolute atomic E-state index is 0.658. The first-order chi connectivity index (χ1) is 5.93. The molecule has 0 radical (unpaired) electrons. The van der Waals surface area contributed by atoms with Crippen molar-refractivity contribution in [1.29, 1.82) is 0 Å². The van der Waals surface area contributed by atoms with Crippen molar-refractivity contribution in [3.8, 4) is 0 Å². The van der Waals surface area contributed by atoms with E-state index in [-0.39, 0.29) is 0 Å². The highest BCUT2D eigenvalue weighted by Gasteiger charge is 2.30. The topological polar surface area (TPSA) is 38.7 Å². The second-order valence-corrected chi connectivity index (χ2v) is 3.75. The van der Waals surface area contributed by atoms with Crippen LogP contribution in [0.5, 0.6) is 0 Å². The first kappa shape index (κ1) is 6.52. The van der Waals surface area contributed by atoms with E-state index in [1.54, 1.807) is 6.33 Å². The first-order valence-electron chi connectivity index (χ1n) is 4.62. The number of hydrogen-bond acceptors (Lipinski definition) is 3. The van der Waals surface area contributed by atoms with Gasteiger partial charge in [-0.3, -0.25) is 0 Å². The summed E-state index contributed by atoms with van der Waals surface area (Å²) >= 11 is 0. The lowest BCUT2D eigenvalue weighted by Gasteiger charge is -1.98. The Morgan fingerprint density at radius 2 is 1.42 bits per heavy atom. The molecule has 3 heteroatoms. The van der Waals surface area contributed by atoms with E-state index in [4.69, 9.17) is 0 Å². The molecule has 1 aromatic heterocycles. The third-order valence-corrected chi connectivity index (χ3v) is 2.49. The van der Waals surface area contributed by atoms with E-state index in [1.807, 2.05) is 0 Å². The molecule has 1 aromatic rings. The molecule has 12 heavy (non-hydrogen) atoms. The van der Waals surface area contributed by atoms with Crippen LogP contribution in [0.15, 0.2) is 6.33 Å². The monoisotopic (exact) mass is 161 g/mol. The molecule has 3 nitrogen and oxygen atoms in total. The van der Waals surface area contributed by atoms with Crippen molar-refractivity contribution in [2.45, 2.75) is 37.5 Å². The van der Waals surface area contributed by atoms with Crippen LogP contribution in [0.1, 0.15) is 49.2 Å². The van der Waals surface area contributed by atoms with Crippen LogP contribution in [0, 0.1) is 0 Å². The zero-order valence-electron chi connectivity index (χ0n) is 6.90. The molecular weight excluding hydrogens is 150 g/mol. The van der Waals surface area contributed by atoms with Gasteiger partial charge in [0, 0.05) is 11.8 Å². The van der Waals surface area contributed by atoms with Gasteiger partial charge in [-0.25, -0.2) is 15.0 Å². The van der Waals surface area contributed by atoms with Gasteiger partial charge in [0.2, 0.25) is 0 Å². The summed E-state index contributed by atoms with van der Waals surface area (Å²) in [6.45, 7) is 0. The summed E-state index contributed by atoms with van der Waals surface area (Å²) in [5.41, 5.74) is 0. The Hall–Kier alpha value is -0.990. The second-order valence-electron chi connectivity index (χ2n) is 3.75. The summed E-state index contributed by atoms with van der Waals surface area (Å²) in [7, 11) is 0. The summed E-state index contributed by atoms with van der Waals surface area (Å²) in [6.07, 6.45) is 6.76. The molecule has 0 bridgehead atoms. The van der Waals surface area contributed by atoms with Crippen molar-refractivity contribution < 1.29 is 0 Å². The zero-order valence-corrected chi connectivity index (χ0v) is 6.90. The second kappa shape index (κ2) is 2.25. The van der Waals surface area contributed by atoms with Gasteiger partial charge < -0.3 is 0 Å². The Morgan fingerprint density at radius 3 is 1.83 bits per heavy atom. The van der Waals surface area contributed by atoms with E-state index in [2.05, 4.69) is 15.0 Å². The Bertz CT molecular complexity index is 275. The fourth-order valence-electron chi connectivity index (χ4n) is 1.40. The lowest BCUT2D eigenvalue weighted by molar-refractivity contribution is 0.811. The number of nitrogens with zero attached hydrogens (tertiary/aromatic N) is 3.